The van der Waals surface area contributed by atoms with Crippen LogP contribution in [0.15, 0.2) is 17.8 Å². The number of ether oxygens (including phenoxy) is 1. The van der Waals surface area contributed by atoms with Gasteiger partial charge in [-0.2, -0.15) is 10.4 Å². The van der Waals surface area contributed by atoms with Gasteiger partial charge in [-0.25, -0.2) is 4.79 Å². The third-order valence-electron chi connectivity index (χ3n) is 1.35. The standard InChI is InChI=1S/C8H7N3O2/c1-13-8(12)6(5-9)4-7-2-3-10-11-7/h2-4H,1H3,(H,10,11)/b6-4+. The topological polar surface area (TPSA) is 78.8 Å². The van der Waals surface area contributed by atoms with Crippen molar-refractivity contribution in [2.75, 3.05) is 7.11 Å². The molecule has 1 aromatic rings. The molecule has 0 aliphatic carbocycles. The van der Waals surface area contributed by atoms with Crippen LogP contribution in [0.4, 0.5) is 0 Å². The molecule has 1 heterocycles. The Balaban J connectivity index is 2.91. The van der Waals surface area contributed by atoms with Crippen molar-refractivity contribution in [3.05, 3.63) is 23.5 Å². The lowest BCUT2D eigenvalue weighted by molar-refractivity contribution is -0.135. The summed E-state index contributed by atoms with van der Waals surface area (Å²) < 4.78 is 4.39. The van der Waals surface area contributed by atoms with E-state index < -0.39 is 5.97 Å². The summed E-state index contributed by atoms with van der Waals surface area (Å²) in [6, 6.07) is 3.37. The zero-order valence-corrected chi connectivity index (χ0v) is 6.94. The Hall–Kier alpha value is -2.09. The van der Waals surface area contributed by atoms with E-state index in [0.717, 1.165) is 0 Å². The third kappa shape index (κ3) is 2.17. The molecule has 0 atom stereocenters. The lowest BCUT2D eigenvalue weighted by atomic mass is 10.2. The Morgan fingerprint density at radius 1 is 1.85 bits per heavy atom. The van der Waals surface area contributed by atoms with Crippen LogP contribution in [0.25, 0.3) is 6.08 Å². The highest BCUT2D eigenvalue weighted by atomic mass is 16.5. The molecule has 0 unspecified atom stereocenters. The summed E-state index contributed by atoms with van der Waals surface area (Å²) in [7, 11) is 1.22. The number of aromatic nitrogens is 2. The van der Waals surface area contributed by atoms with Crippen LogP contribution >= 0.6 is 0 Å². The monoisotopic (exact) mass is 177 g/mol. The first-order valence-electron chi connectivity index (χ1n) is 3.47. The third-order valence-corrected chi connectivity index (χ3v) is 1.35. The van der Waals surface area contributed by atoms with Crippen molar-refractivity contribution in [2.45, 2.75) is 0 Å². The summed E-state index contributed by atoms with van der Waals surface area (Å²) in [6.07, 6.45) is 2.90. The van der Waals surface area contributed by atoms with Crippen LogP contribution in [0, 0.1) is 11.3 Å². The van der Waals surface area contributed by atoms with E-state index in [1.807, 2.05) is 0 Å². The van der Waals surface area contributed by atoms with Gasteiger partial charge in [-0.1, -0.05) is 0 Å². The number of H-pyrrole nitrogens is 1. The predicted octanol–water partition coefficient (Wildman–Crippen LogP) is 0.490. The fourth-order valence-corrected chi connectivity index (χ4v) is 0.749. The second kappa shape index (κ2) is 4.07. The van der Waals surface area contributed by atoms with Crippen LogP contribution in [0.2, 0.25) is 0 Å². The molecule has 0 saturated carbocycles. The highest BCUT2D eigenvalue weighted by Crippen LogP contribution is 2.03. The maximum absolute atomic E-state index is 10.9. The number of nitrogens with one attached hydrogen (secondary N) is 1. The number of esters is 1. The van der Waals surface area contributed by atoms with Crippen LogP contribution in [0.5, 0.6) is 0 Å². The minimum Gasteiger partial charge on any atom is -0.465 e. The molecule has 0 amide bonds. The van der Waals surface area contributed by atoms with Crippen molar-refractivity contribution in [1.29, 1.82) is 5.26 Å². The molecule has 0 aliphatic heterocycles. The number of nitrogens with zero attached hydrogens (tertiary/aromatic N) is 2. The first-order valence-corrected chi connectivity index (χ1v) is 3.47. The molecule has 13 heavy (non-hydrogen) atoms. The molecule has 0 aliphatic rings. The summed E-state index contributed by atoms with van der Waals surface area (Å²) in [5.74, 6) is -0.655. The highest BCUT2D eigenvalue weighted by Gasteiger charge is 2.08. The molecule has 66 valence electrons. The van der Waals surface area contributed by atoms with Crippen LogP contribution < -0.4 is 0 Å². The number of carbonyl (C=O) groups excluding carboxylic acids is 1. The van der Waals surface area contributed by atoms with Gasteiger partial charge < -0.3 is 4.74 Å². The number of methoxy groups -OCH3 is 1. The van der Waals surface area contributed by atoms with Crippen LogP contribution in [0.3, 0.4) is 0 Å². The zero-order valence-electron chi connectivity index (χ0n) is 6.94. The quantitative estimate of drug-likeness (QED) is 0.405. The lowest BCUT2D eigenvalue weighted by Crippen LogP contribution is -2.02. The first kappa shape index (κ1) is 9.00. The summed E-state index contributed by atoms with van der Waals surface area (Å²) in [6.45, 7) is 0. The lowest BCUT2D eigenvalue weighted by Gasteiger charge is -1.93. The minimum atomic E-state index is -0.655. The summed E-state index contributed by atoms with van der Waals surface area (Å²) in [4.78, 5) is 10.9. The van der Waals surface area contributed by atoms with E-state index in [-0.39, 0.29) is 5.57 Å². The van der Waals surface area contributed by atoms with Gasteiger partial charge in [0.25, 0.3) is 0 Å². The van der Waals surface area contributed by atoms with Crippen molar-refractivity contribution >= 4 is 12.0 Å². The minimum absolute atomic E-state index is 0.0632. The zero-order chi connectivity index (χ0) is 9.68. The van der Waals surface area contributed by atoms with E-state index in [0.29, 0.717) is 5.69 Å². The van der Waals surface area contributed by atoms with E-state index in [9.17, 15) is 4.79 Å². The molecule has 5 nitrogen and oxygen atoms in total. The van der Waals surface area contributed by atoms with Crippen molar-refractivity contribution in [2.24, 2.45) is 0 Å². The molecule has 5 heteroatoms. The average Bonchev–Trinajstić information content (AvgIpc) is 2.65. The van der Waals surface area contributed by atoms with Gasteiger partial charge >= 0.3 is 5.97 Å². The van der Waals surface area contributed by atoms with E-state index in [1.54, 1.807) is 12.1 Å². The molecule has 1 aromatic heterocycles. The molecule has 1 rings (SSSR count). The molecule has 0 spiro atoms. The van der Waals surface area contributed by atoms with Gasteiger partial charge in [0.1, 0.15) is 11.6 Å². The number of hydrogen-bond donors (Lipinski definition) is 1. The molecular weight excluding hydrogens is 170 g/mol. The van der Waals surface area contributed by atoms with Crippen molar-refractivity contribution in [3.8, 4) is 6.07 Å². The van der Waals surface area contributed by atoms with Crippen LogP contribution in [0.1, 0.15) is 5.69 Å². The van der Waals surface area contributed by atoms with Gasteiger partial charge in [0.2, 0.25) is 0 Å². The summed E-state index contributed by atoms with van der Waals surface area (Å²) in [5, 5.41) is 14.8. The van der Waals surface area contributed by atoms with E-state index in [2.05, 4.69) is 14.9 Å². The molecule has 0 fully saturated rings. The maximum atomic E-state index is 10.9. The van der Waals surface area contributed by atoms with Gasteiger partial charge in [0.15, 0.2) is 0 Å². The summed E-state index contributed by atoms with van der Waals surface area (Å²) in [5.41, 5.74) is 0.522. The maximum Gasteiger partial charge on any atom is 0.348 e. The normalized spacial score (nSPS) is 10.6. The van der Waals surface area contributed by atoms with Gasteiger partial charge in [-0.3, -0.25) is 5.10 Å². The molecule has 0 aromatic carbocycles. The van der Waals surface area contributed by atoms with Gasteiger partial charge in [-0.05, 0) is 12.1 Å². The predicted molar refractivity (Wildman–Crippen MR) is 44.2 cm³/mol. The SMILES string of the molecule is COC(=O)/C(C#N)=C/c1ccn[nH]1. The fraction of sp³-hybridized carbons (Fsp3) is 0.125. The van der Waals surface area contributed by atoms with Gasteiger partial charge in [0, 0.05) is 6.20 Å². The Morgan fingerprint density at radius 2 is 2.62 bits per heavy atom. The van der Waals surface area contributed by atoms with Crippen LogP contribution in [-0.4, -0.2) is 23.3 Å². The molecular formula is C8H7N3O2. The molecule has 0 saturated heterocycles. The number of aromatic amines is 1. The fourth-order valence-electron chi connectivity index (χ4n) is 0.749. The Bertz CT molecular complexity index is 359. The van der Waals surface area contributed by atoms with Gasteiger partial charge in [-0.15, -0.1) is 0 Å². The number of carbonyl (C=O) groups is 1. The number of rotatable bonds is 2. The number of nitriles is 1. The van der Waals surface area contributed by atoms with Crippen molar-refractivity contribution in [1.82, 2.24) is 10.2 Å². The molecule has 0 radical (unpaired) electrons. The number of hydrogen-bond acceptors (Lipinski definition) is 4. The molecule has 1 N–H and O–H groups in total. The van der Waals surface area contributed by atoms with E-state index >= 15 is 0 Å². The first-order chi connectivity index (χ1) is 6.27. The summed E-state index contributed by atoms with van der Waals surface area (Å²) >= 11 is 0. The van der Waals surface area contributed by atoms with Gasteiger partial charge in [0.05, 0.1) is 12.8 Å². The van der Waals surface area contributed by atoms with Crippen molar-refractivity contribution in [3.63, 3.8) is 0 Å². The Kier molecular flexibility index (Phi) is 2.82. The second-order valence-corrected chi connectivity index (χ2v) is 2.17. The van der Waals surface area contributed by atoms with Crippen molar-refractivity contribution < 1.29 is 9.53 Å². The Morgan fingerprint density at radius 3 is 3.08 bits per heavy atom. The van der Waals surface area contributed by atoms with E-state index in [1.165, 1.54) is 19.4 Å². The van der Waals surface area contributed by atoms with Crippen LogP contribution in [-0.2, 0) is 9.53 Å². The molecule has 0 bridgehead atoms. The largest absolute Gasteiger partial charge is 0.465 e. The average molecular weight is 177 g/mol. The Labute approximate surface area is 74.6 Å². The smallest absolute Gasteiger partial charge is 0.348 e. The van der Waals surface area contributed by atoms with E-state index in [4.69, 9.17) is 5.26 Å². The highest BCUT2D eigenvalue weighted by molar-refractivity contribution is 5.97. The second-order valence-electron chi connectivity index (χ2n) is 2.17.